The highest BCUT2D eigenvalue weighted by atomic mass is 16.5. The zero-order valence-electron chi connectivity index (χ0n) is 12.8. The van der Waals surface area contributed by atoms with E-state index in [4.69, 9.17) is 10.5 Å². The van der Waals surface area contributed by atoms with E-state index in [2.05, 4.69) is 12.2 Å². The minimum absolute atomic E-state index is 0.141. The van der Waals surface area contributed by atoms with Gasteiger partial charge in [0.15, 0.2) is 0 Å². The number of nitrogens with one attached hydrogen (secondary N) is 1. The predicted octanol–water partition coefficient (Wildman–Crippen LogP) is 2.22. The Labute approximate surface area is 122 Å². The van der Waals surface area contributed by atoms with Gasteiger partial charge < -0.3 is 15.8 Å². The lowest BCUT2D eigenvalue weighted by Gasteiger charge is -2.37. The highest BCUT2D eigenvalue weighted by Crippen LogP contribution is 2.38. The highest BCUT2D eigenvalue weighted by Gasteiger charge is 2.39. The van der Waals surface area contributed by atoms with Gasteiger partial charge in [0.05, 0.1) is 18.1 Å². The molecule has 116 valence electrons. The third-order valence-electron chi connectivity index (χ3n) is 5.15. The van der Waals surface area contributed by atoms with Gasteiger partial charge in [-0.25, -0.2) is 0 Å². The van der Waals surface area contributed by atoms with E-state index in [-0.39, 0.29) is 11.3 Å². The first kappa shape index (κ1) is 15.8. The summed E-state index contributed by atoms with van der Waals surface area (Å²) in [5.41, 5.74) is 5.58. The molecule has 0 atom stereocenters. The molecule has 2 rings (SSSR count). The van der Waals surface area contributed by atoms with Gasteiger partial charge in [0.1, 0.15) is 0 Å². The lowest BCUT2D eigenvalue weighted by molar-refractivity contribution is -0.133. The smallest absolute Gasteiger partial charge is 0.227 e. The molecule has 20 heavy (non-hydrogen) atoms. The van der Waals surface area contributed by atoms with Crippen LogP contribution in [0.4, 0.5) is 0 Å². The molecule has 2 saturated carbocycles. The molecule has 2 fully saturated rings. The van der Waals surface area contributed by atoms with Gasteiger partial charge in [-0.3, -0.25) is 4.79 Å². The molecule has 4 heteroatoms. The number of amides is 1. The summed E-state index contributed by atoms with van der Waals surface area (Å²) < 4.78 is 5.78. The summed E-state index contributed by atoms with van der Waals surface area (Å²) >= 11 is 0. The van der Waals surface area contributed by atoms with E-state index in [0.29, 0.717) is 25.8 Å². The molecule has 1 amide bonds. The lowest BCUT2D eigenvalue weighted by Crippen LogP contribution is -2.48. The van der Waals surface area contributed by atoms with Crippen LogP contribution in [-0.4, -0.2) is 31.7 Å². The van der Waals surface area contributed by atoms with Crippen LogP contribution in [0, 0.1) is 11.3 Å². The van der Waals surface area contributed by atoms with Gasteiger partial charge in [-0.15, -0.1) is 0 Å². The van der Waals surface area contributed by atoms with Gasteiger partial charge in [0.2, 0.25) is 5.91 Å². The van der Waals surface area contributed by atoms with Crippen molar-refractivity contribution >= 4 is 5.91 Å². The standard InChI is InChI=1S/C16H30N2O2/c1-13-6-8-16(12-17,9-7-13)15(19)18-10-11-20-14-4-2-3-5-14/h13-14H,2-12,17H2,1H3,(H,18,19). The van der Waals surface area contributed by atoms with Crippen molar-refractivity contribution in [2.45, 2.75) is 64.4 Å². The van der Waals surface area contributed by atoms with Crippen LogP contribution in [0.1, 0.15) is 58.3 Å². The van der Waals surface area contributed by atoms with Crippen molar-refractivity contribution in [3.8, 4) is 0 Å². The fraction of sp³-hybridized carbons (Fsp3) is 0.938. The molecule has 0 bridgehead atoms. The topological polar surface area (TPSA) is 64.4 Å². The summed E-state index contributed by atoms with van der Waals surface area (Å²) in [6, 6.07) is 0. The van der Waals surface area contributed by atoms with Crippen LogP contribution in [0.3, 0.4) is 0 Å². The fourth-order valence-corrected chi connectivity index (χ4v) is 3.47. The van der Waals surface area contributed by atoms with Crippen molar-refractivity contribution in [2.75, 3.05) is 19.7 Å². The fourth-order valence-electron chi connectivity index (χ4n) is 3.47. The minimum atomic E-state index is -0.320. The Bertz CT molecular complexity index is 306. The normalized spacial score (nSPS) is 31.4. The monoisotopic (exact) mass is 282 g/mol. The van der Waals surface area contributed by atoms with Crippen LogP contribution < -0.4 is 11.1 Å². The van der Waals surface area contributed by atoms with E-state index in [1.807, 2.05) is 0 Å². The van der Waals surface area contributed by atoms with E-state index in [9.17, 15) is 4.79 Å². The Morgan fingerprint density at radius 1 is 1.25 bits per heavy atom. The molecule has 0 heterocycles. The molecule has 2 aliphatic carbocycles. The number of carbonyl (C=O) groups is 1. The SMILES string of the molecule is CC1CCC(CN)(C(=O)NCCOC2CCCC2)CC1. The quantitative estimate of drug-likeness (QED) is 0.734. The van der Waals surface area contributed by atoms with E-state index in [1.165, 1.54) is 25.7 Å². The summed E-state index contributed by atoms with van der Waals surface area (Å²) in [4.78, 5) is 12.4. The Morgan fingerprint density at radius 2 is 1.90 bits per heavy atom. The highest BCUT2D eigenvalue weighted by molar-refractivity contribution is 5.83. The Morgan fingerprint density at radius 3 is 2.50 bits per heavy atom. The summed E-state index contributed by atoms with van der Waals surface area (Å²) in [6.07, 6.45) is 9.44. The van der Waals surface area contributed by atoms with E-state index in [1.54, 1.807) is 0 Å². The minimum Gasteiger partial charge on any atom is -0.376 e. The summed E-state index contributed by atoms with van der Waals surface area (Å²) in [7, 11) is 0. The van der Waals surface area contributed by atoms with Crippen molar-refractivity contribution in [3.05, 3.63) is 0 Å². The maximum absolute atomic E-state index is 12.4. The molecule has 0 saturated heterocycles. The molecule has 0 aliphatic heterocycles. The molecule has 0 spiro atoms. The Hall–Kier alpha value is -0.610. The average molecular weight is 282 g/mol. The molecular weight excluding hydrogens is 252 g/mol. The molecule has 0 aromatic rings. The molecule has 0 aromatic heterocycles. The number of nitrogens with two attached hydrogens (primary N) is 1. The first-order valence-corrected chi connectivity index (χ1v) is 8.26. The zero-order chi connectivity index (χ0) is 14.4. The van der Waals surface area contributed by atoms with Crippen LogP contribution in [0.15, 0.2) is 0 Å². The second-order valence-electron chi connectivity index (χ2n) is 6.70. The number of rotatable bonds is 6. The van der Waals surface area contributed by atoms with Gasteiger partial charge in [-0.2, -0.15) is 0 Å². The second-order valence-corrected chi connectivity index (χ2v) is 6.70. The summed E-state index contributed by atoms with van der Waals surface area (Å²) in [6.45, 7) is 3.98. The van der Waals surface area contributed by atoms with Crippen LogP contribution >= 0.6 is 0 Å². The second kappa shape index (κ2) is 7.41. The average Bonchev–Trinajstić information content (AvgIpc) is 2.98. The Kier molecular flexibility index (Phi) is 5.85. The maximum Gasteiger partial charge on any atom is 0.227 e. The number of carbonyl (C=O) groups excluding carboxylic acids is 1. The van der Waals surface area contributed by atoms with E-state index < -0.39 is 0 Å². The van der Waals surface area contributed by atoms with Gasteiger partial charge in [-0.05, 0) is 44.4 Å². The van der Waals surface area contributed by atoms with Crippen LogP contribution in [0.2, 0.25) is 0 Å². The molecule has 3 N–H and O–H groups in total. The summed E-state index contributed by atoms with van der Waals surface area (Å²) in [5.74, 6) is 0.870. The van der Waals surface area contributed by atoms with Gasteiger partial charge in [0.25, 0.3) is 0 Å². The van der Waals surface area contributed by atoms with Crippen LogP contribution in [0.25, 0.3) is 0 Å². The number of hydrogen-bond donors (Lipinski definition) is 2. The summed E-state index contributed by atoms with van der Waals surface area (Å²) in [5, 5.41) is 3.04. The van der Waals surface area contributed by atoms with Crippen molar-refractivity contribution in [1.82, 2.24) is 5.32 Å². The van der Waals surface area contributed by atoms with Crippen molar-refractivity contribution < 1.29 is 9.53 Å². The maximum atomic E-state index is 12.4. The molecular formula is C16H30N2O2. The van der Waals surface area contributed by atoms with Gasteiger partial charge in [-0.1, -0.05) is 19.8 Å². The third kappa shape index (κ3) is 3.95. The first-order valence-electron chi connectivity index (χ1n) is 8.26. The van der Waals surface area contributed by atoms with Gasteiger partial charge >= 0.3 is 0 Å². The van der Waals surface area contributed by atoms with E-state index in [0.717, 1.165) is 31.6 Å². The number of hydrogen-bond acceptors (Lipinski definition) is 3. The van der Waals surface area contributed by atoms with Crippen molar-refractivity contribution in [2.24, 2.45) is 17.1 Å². The lowest BCUT2D eigenvalue weighted by atomic mass is 9.70. The molecule has 0 radical (unpaired) electrons. The molecule has 2 aliphatic rings. The van der Waals surface area contributed by atoms with Gasteiger partial charge in [0, 0.05) is 13.1 Å². The largest absolute Gasteiger partial charge is 0.376 e. The zero-order valence-corrected chi connectivity index (χ0v) is 12.8. The van der Waals surface area contributed by atoms with Crippen LogP contribution in [0.5, 0.6) is 0 Å². The van der Waals surface area contributed by atoms with Crippen molar-refractivity contribution in [3.63, 3.8) is 0 Å². The number of ether oxygens (including phenoxy) is 1. The molecule has 0 aromatic carbocycles. The first-order chi connectivity index (χ1) is 9.66. The predicted molar refractivity (Wildman–Crippen MR) is 80.3 cm³/mol. The molecule has 4 nitrogen and oxygen atoms in total. The Balaban J connectivity index is 1.69. The van der Waals surface area contributed by atoms with Crippen molar-refractivity contribution in [1.29, 1.82) is 0 Å². The van der Waals surface area contributed by atoms with Crippen LogP contribution in [-0.2, 0) is 9.53 Å². The molecule has 0 unspecified atom stereocenters. The van der Waals surface area contributed by atoms with E-state index >= 15 is 0 Å². The third-order valence-corrected chi connectivity index (χ3v) is 5.15.